The van der Waals surface area contributed by atoms with Gasteiger partial charge in [0.25, 0.3) is 0 Å². The minimum Gasteiger partial charge on any atom is -0.497 e. The fraction of sp³-hybridized carbons (Fsp3) is 0.609. The van der Waals surface area contributed by atoms with Crippen LogP contribution >= 0.6 is 0 Å². The van der Waals surface area contributed by atoms with Gasteiger partial charge in [0, 0.05) is 19.0 Å². The molecular formula is C23H31NO3. The van der Waals surface area contributed by atoms with Crippen molar-refractivity contribution in [2.24, 2.45) is 23.2 Å². The summed E-state index contributed by atoms with van der Waals surface area (Å²) in [6, 6.07) is 8.04. The molecule has 1 aromatic carbocycles. The van der Waals surface area contributed by atoms with Crippen LogP contribution in [0.3, 0.4) is 0 Å². The summed E-state index contributed by atoms with van der Waals surface area (Å²) in [6.07, 6.45) is 7.26. The van der Waals surface area contributed by atoms with Crippen molar-refractivity contribution < 1.29 is 14.3 Å². The van der Waals surface area contributed by atoms with Gasteiger partial charge in [-0.05, 0) is 48.3 Å². The van der Waals surface area contributed by atoms with Gasteiger partial charge in [0.2, 0.25) is 0 Å². The van der Waals surface area contributed by atoms with E-state index in [1.165, 1.54) is 24.8 Å². The molecule has 0 radical (unpaired) electrons. The number of hydrogen-bond donors (Lipinski definition) is 1. The highest BCUT2D eigenvalue weighted by Crippen LogP contribution is 2.53. The zero-order chi connectivity index (χ0) is 19.0. The lowest BCUT2D eigenvalue weighted by Crippen LogP contribution is -2.40. The number of methoxy groups -OCH3 is 1. The molecule has 1 heterocycles. The summed E-state index contributed by atoms with van der Waals surface area (Å²) in [5.74, 6) is 1.62. The van der Waals surface area contributed by atoms with Gasteiger partial charge in [-0.2, -0.15) is 0 Å². The first kappa shape index (κ1) is 18.5. The average molecular weight is 370 g/mol. The largest absolute Gasteiger partial charge is 0.497 e. The van der Waals surface area contributed by atoms with Crippen LogP contribution in [0, 0.1) is 23.2 Å². The maximum absolute atomic E-state index is 12.6. The molecule has 4 rings (SSSR count). The number of allylic oxidation sites excluding steroid dienone is 1. The number of esters is 1. The van der Waals surface area contributed by atoms with Gasteiger partial charge in [-0.15, -0.1) is 0 Å². The molecule has 4 nitrogen and oxygen atoms in total. The van der Waals surface area contributed by atoms with E-state index < -0.39 is 0 Å². The van der Waals surface area contributed by atoms with Crippen LogP contribution in [0.15, 0.2) is 35.9 Å². The quantitative estimate of drug-likeness (QED) is 0.627. The number of rotatable bonds is 5. The first-order chi connectivity index (χ1) is 13.0. The SMILES string of the molecule is COc1ccc(CNC[C@H]2C(=O)O[C@@H]3C[C@@]4(C)CCC[C@H](C)C4=C[C@@H]32)cc1. The van der Waals surface area contributed by atoms with E-state index >= 15 is 0 Å². The Bertz CT molecular complexity index is 726. The summed E-state index contributed by atoms with van der Waals surface area (Å²) in [5, 5.41) is 3.47. The summed E-state index contributed by atoms with van der Waals surface area (Å²) >= 11 is 0. The van der Waals surface area contributed by atoms with E-state index in [0.29, 0.717) is 12.5 Å². The normalized spacial score (nSPS) is 35.1. The van der Waals surface area contributed by atoms with Crippen molar-refractivity contribution in [3.05, 3.63) is 41.5 Å². The Morgan fingerprint density at radius 2 is 2.07 bits per heavy atom. The number of nitrogens with one attached hydrogen (secondary N) is 1. The van der Waals surface area contributed by atoms with Gasteiger partial charge in [-0.1, -0.05) is 44.1 Å². The molecule has 3 aliphatic rings. The molecule has 0 spiro atoms. The molecule has 1 saturated heterocycles. The van der Waals surface area contributed by atoms with Gasteiger partial charge < -0.3 is 14.8 Å². The molecule has 0 aromatic heterocycles. The third-order valence-corrected chi connectivity index (χ3v) is 6.93. The van der Waals surface area contributed by atoms with Crippen LogP contribution in [-0.2, 0) is 16.1 Å². The molecule has 27 heavy (non-hydrogen) atoms. The molecule has 0 bridgehead atoms. The van der Waals surface area contributed by atoms with E-state index in [-0.39, 0.29) is 29.3 Å². The van der Waals surface area contributed by atoms with Crippen molar-refractivity contribution in [3.63, 3.8) is 0 Å². The van der Waals surface area contributed by atoms with E-state index in [4.69, 9.17) is 9.47 Å². The van der Waals surface area contributed by atoms with Crippen LogP contribution in [0.5, 0.6) is 5.75 Å². The lowest BCUT2D eigenvalue weighted by Gasteiger charge is -2.46. The highest BCUT2D eigenvalue weighted by atomic mass is 16.6. The van der Waals surface area contributed by atoms with Crippen LogP contribution < -0.4 is 10.1 Å². The molecule has 1 aliphatic heterocycles. The average Bonchev–Trinajstić information content (AvgIpc) is 2.95. The number of ether oxygens (including phenoxy) is 2. The van der Waals surface area contributed by atoms with E-state index in [2.05, 4.69) is 37.4 Å². The topological polar surface area (TPSA) is 47.6 Å². The molecule has 2 aliphatic carbocycles. The van der Waals surface area contributed by atoms with Crippen molar-refractivity contribution in [3.8, 4) is 5.75 Å². The van der Waals surface area contributed by atoms with Gasteiger partial charge >= 0.3 is 5.97 Å². The number of fused-ring (bicyclic) bond motifs is 2. The minimum atomic E-state index is -0.0700. The molecule has 4 heteroatoms. The summed E-state index contributed by atoms with van der Waals surface area (Å²) in [4.78, 5) is 12.6. The van der Waals surface area contributed by atoms with E-state index in [0.717, 1.165) is 18.7 Å². The van der Waals surface area contributed by atoms with Gasteiger partial charge in [0.05, 0.1) is 13.0 Å². The third kappa shape index (κ3) is 3.52. The van der Waals surface area contributed by atoms with Crippen molar-refractivity contribution in [2.75, 3.05) is 13.7 Å². The Morgan fingerprint density at radius 1 is 1.30 bits per heavy atom. The van der Waals surface area contributed by atoms with Gasteiger partial charge in [-0.3, -0.25) is 4.79 Å². The number of carbonyl (C=O) groups is 1. The molecule has 146 valence electrons. The molecular weight excluding hydrogens is 338 g/mol. The monoisotopic (exact) mass is 369 g/mol. The predicted octanol–water partition coefficient (Wildman–Crippen LogP) is 4.10. The zero-order valence-electron chi connectivity index (χ0n) is 16.7. The first-order valence-electron chi connectivity index (χ1n) is 10.3. The van der Waals surface area contributed by atoms with Crippen LogP contribution in [0.25, 0.3) is 0 Å². The van der Waals surface area contributed by atoms with Crippen molar-refractivity contribution in [1.82, 2.24) is 5.32 Å². The van der Waals surface area contributed by atoms with Crippen LogP contribution in [0.4, 0.5) is 0 Å². The lowest BCUT2D eigenvalue weighted by atomic mass is 9.59. The van der Waals surface area contributed by atoms with E-state index in [1.54, 1.807) is 12.7 Å². The van der Waals surface area contributed by atoms with Crippen molar-refractivity contribution in [2.45, 2.75) is 52.2 Å². The summed E-state index contributed by atoms with van der Waals surface area (Å²) in [6.45, 7) is 6.13. The Hall–Kier alpha value is -1.81. The third-order valence-electron chi connectivity index (χ3n) is 6.93. The van der Waals surface area contributed by atoms with Crippen LogP contribution in [-0.4, -0.2) is 25.7 Å². The number of hydrogen-bond acceptors (Lipinski definition) is 4. The maximum Gasteiger partial charge on any atom is 0.311 e. The standard InChI is InChI=1S/C23H31NO3/c1-15-5-4-10-23(2)12-21-18(11-20(15)23)19(22(25)27-21)14-24-13-16-6-8-17(26-3)9-7-16/h6-9,11,15,18-19,21,24H,4-5,10,12-14H2,1-3H3/t15-,18+,19+,21+,23+/m0/s1. The second-order valence-corrected chi connectivity index (χ2v) is 8.82. The fourth-order valence-electron chi connectivity index (χ4n) is 5.40. The Morgan fingerprint density at radius 3 is 2.81 bits per heavy atom. The predicted molar refractivity (Wildman–Crippen MR) is 105 cm³/mol. The van der Waals surface area contributed by atoms with Crippen molar-refractivity contribution in [1.29, 1.82) is 0 Å². The Labute approximate surface area is 162 Å². The molecule has 0 unspecified atom stereocenters. The van der Waals surface area contributed by atoms with Crippen LogP contribution in [0.1, 0.15) is 45.1 Å². The van der Waals surface area contributed by atoms with Gasteiger partial charge in [-0.25, -0.2) is 0 Å². The second kappa shape index (κ2) is 7.31. The summed E-state index contributed by atoms with van der Waals surface area (Å²) < 4.78 is 11.0. The molecule has 1 saturated carbocycles. The number of carbonyl (C=O) groups excluding carboxylic acids is 1. The maximum atomic E-state index is 12.6. The highest BCUT2D eigenvalue weighted by Gasteiger charge is 2.51. The molecule has 1 aromatic rings. The van der Waals surface area contributed by atoms with Gasteiger partial charge in [0.15, 0.2) is 0 Å². The fourth-order valence-corrected chi connectivity index (χ4v) is 5.40. The smallest absolute Gasteiger partial charge is 0.311 e. The van der Waals surface area contributed by atoms with E-state index in [9.17, 15) is 4.79 Å². The van der Waals surface area contributed by atoms with Gasteiger partial charge in [0.1, 0.15) is 11.9 Å². The Kier molecular flexibility index (Phi) is 5.02. The zero-order valence-corrected chi connectivity index (χ0v) is 16.7. The molecule has 5 atom stereocenters. The lowest BCUT2D eigenvalue weighted by molar-refractivity contribution is -0.145. The number of benzene rings is 1. The van der Waals surface area contributed by atoms with Crippen molar-refractivity contribution >= 4 is 5.97 Å². The Balaban J connectivity index is 1.43. The molecule has 1 N–H and O–H groups in total. The summed E-state index contributed by atoms with van der Waals surface area (Å²) in [7, 11) is 1.67. The first-order valence-corrected chi connectivity index (χ1v) is 10.3. The molecule has 0 amide bonds. The minimum absolute atomic E-state index is 0.0287. The van der Waals surface area contributed by atoms with E-state index in [1.807, 2.05) is 12.1 Å². The second-order valence-electron chi connectivity index (χ2n) is 8.82. The highest BCUT2D eigenvalue weighted by molar-refractivity contribution is 5.76. The van der Waals surface area contributed by atoms with Crippen LogP contribution in [0.2, 0.25) is 0 Å². The summed E-state index contributed by atoms with van der Waals surface area (Å²) in [5.41, 5.74) is 2.99. The molecule has 2 fully saturated rings.